The molecule has 4 N–H and O–H groups in total. The summed E-state index contributed by atoms with van der Waals surface area (Å²) in [6.45, 7) is 3.76. The number of benzene rings is 2. The third-order valence-electron chi connectivity index (χ3n) is 3.87. The highest BCUT2D eigenvalue weighted by molar-refractivity contribution is 6.05. The number of amides is 1. The van der Waals surface area contributed by atoms with Gasteiger partial charge in [0, 0.05) is 28.3 Å². The third-order valence-corrected chi connectivity index (χ3v) is 3.87. The van der Waals surface area contributed by atoms with Crippen LogP contribution in [-0.2, 0) is 0 Å². The van der Waals surface area contributed by atoms with E-state index in [1.807, 2.05) is 19.9 Å². The van der Waals surface area contributed by atoms with Gasteiger partial charge in [-0.3, -0.25) is 4.79 Å². The van der Waals surface area contributed by atoms with Crippen molar-refractivity contribution < 1.29 is 19.8 Å². The summed E-state index contributed by atoms with van der Waals surface area (Å²) in [5.41, 5.74) is 2.79. The SMILES string of the molecule is Cc1cc(C)nc(Nc2ccc(C(=O)Nc3ccc(O)c(C(=O)O)c3)cc2)n1. The number of phenols is 1. The first-order valence-corrected chi connectivity index (χ1v) is 8.39. The van der Waals surface area contributed by atoms with E-state index in [2.05, 4.69) is 20.6 Å². The van der Waals surface area contributed by atoms with Crippen LogP contribution in [0, 0.1) is 13.8 Å². The van der Waals surface area contributed by atoms with Crippen molar-refractivity contribution in [2.24, 2.45) is 0 Å². The van der Waals surface area contributed by atoms with Crippen molar-refractivity contribution >= 4 is 29.2 Å². The lowest BCUT2D eigenvalue weighted by atomic mass is 10.1. The van der Waals surface area contributed by atoms with E-state index in [0.29, 0.717) is 11.5 Å². The van der Waals surface area contributed by atoms with Gasteiger partial charge in [-0.25, -0.2) is 14.8 Å². The number of rotatable bonds is 5. The highest BCUT2D eigenvalue weighted by Gasteiger charge is 2.12. The fourth-order valence-electron chi connectivity index (χ4n) is 2.60. The molecule has 0 unspecified atom stereocenters. The minimum absolute atomic E-state index is 0.269. The minimum atomic E-state index is -1.28. The van der Waals surface area contributed by atoms with E-state index < -0.39 is 11.9 Å². The van der Waals surface area contributed by atoms with E-state index in [4.69, 9.17) is 5.11 Å². The molecule has 0 aliphatic rings. The van der Waals surface area contributed by atoms with Gasteiger partial charge in [-0.05, 0) is 62.4 Å². The van der Waals surface area contributed by atoms with Crippen molar-refractivity contribution in [3.63, 3.8) is 0 Å². The number of hydrogen-bond acceptors (Lipinski definition) is 6. The maximum absolute atomic E-state index is 12.4. The molecule has 0 aliphatic carbocycles. The van der Waals surface area contributed by atoms with Crippen molar-refractivity contribution in [2.45, 2.75) is 13.8 Å². The van der Waals surface area contributed by atoms with Crippen LogP contribution in [0.15, 0.2) is 48.5 Å². The van der Waals surface area contributed by atoms with Gasteiger partial charge in [0.05, 0.1) is 0 Å². The van der Waals surface area contributed by atoms with E-state index in [0.717, 1.165) is 17.1 Å². The van der Waals surface area contributed by atoms with Crippen molar-refractivity contribution in [1.29, 1.82) is 0 Å². The number of carboxylic acid groups (broad SMARTS) is 1. The van der Waals surface area contributed by atoms with Crippen molar-refractivity contribution in [3.05, 3.63) is 71.0 Å². The smallest absolute Gasteiger partial charge is 0.339 e. The summed E-state index contributed by atoms with van der Waals surface area (Å²) in [6, 6.07) is 12.4. The van der Waals surface area contributed by atoms with Crippen molar-refractivity contribution in [1.82, 2.24) is 9.97 Å². The van der Waals surface area contributed by atoms with E-state index in [9.17, 15) is 14.7 Å². The molecular weight excluding hydrogens is 360 g/mol. The van der Waals surface area contributed by atoms with Crippen LogP contribution in [0.2, 0.25) is 0 Å². The Bertz CT molecular complexity index is 1030. The molecule has 1 heterocycles. The number of anilines is 3. The maximum Gasteiger partial charge on any atom is 0.339 e. The van der Waals surface area contributed by atoms with Crippen LogP contribution in [0.25, 0.3) is 0 Å². The van der Waals surface area contributed by atoms with Gasteiger partial charge in [-0.1, -0.05) is 0 Å². The van der Waals surface area contributed by atoms with Gasteiger partial charge < -0.3 is 20.8 Å². The first kappa shape index (κ1) is 18.8. The molecule has 0 aliphatic heterocycles. The Labute approximate surface area is 160 Å². The molecule has 0 fully saturated rings. The predicted molar refractivity (Wildman–Crippen MR) is 104 cm³/mol. The second-order valence-corrected chi connectivity index (χ2v) is 6.17. The van der Waals surface area contributed by atoms with Crippen molar-refractivity contribution in [3.8, 4) is 5.75 Å². The highest BCUT2D eigenvalue weighted by Crippen LogP contribution is 2.22. The largest absolute Gasteiger partial charge is 0.507 e. The monoisotopic (exact) mass is 378 g/mol. The van der Waals surface area contributed by atoms with Crippen LogP contribution >= 0.6 is 0 Å². The molecule has 142 valence electrons. The molecule has 0 atom stereocenters. The Morgan fingerprint density at radius 3 is 2.11 bits per heavy atom. The Morgan fingerprint density at radius 1 is 0.893 bits per heavy atom. The second kappa shape index (κ2) is 7.75. The number of aromatic carboxylic acids is 1. The molecule has 0 radical (unpaired) electrons. The van der Waals surface area contributed by atoms with Gasteiger partial charge >= 0.3 is 5.97 Å². The number of carbonyl (C=O) groups excluding carboxylic acids is 1. The van der Waals surface area contributed by atoms with Crippen LogP contribution in [-0.4, -0.2) is 32.1 Å². The van der Waals surface area contributed by atoms with Gasteiger partial charge in [0.1, 0.15) is 11.3 Å². The lowest BCUT2D eigenvalue weighted by Gasteiger charge is -2.09. The molecule has 2 aromatic carbocycles. The standard InChI is InChI=1S/C20H18N4O4/c1-11-9-12(2)22-20(21-11)24-14-5-3-13(4-6-14)18(26)23-15-7-8-17(25)16(10-15)19(27)28/h3-10,25H,1-2H3,(H,23,26)(H,27,28)(H,21,22,24). The number of carbonyl (C=O) groups is 2. The molecule has 3 aromatic rings. The van der Waals surface area contributed by atoms with Crippen LogP contribution in [0.4, 0.5) is 17.3 Å². The number of nitrogens with one attached hydrogen (secondary N) is 2. The zero-order valence-corrected chi connectivity index (χ0v) is 15.2. The number of aryl methyl sites for hydroxylation is 2. The minimum Gasteiger partial charge on any atom is -0.507 e. The summed E-state index contributed by atoms with van der Waals surface area (Å²) in [4.78, 5) is 32.0. The van der Waals surface area contributed by atoms with Crippen molar-refractivity contribution in [2.75, 3.05) is 10.6 Å². The summed E-state index contributed by atoms with van der Waals surface area (Å²) in [5, 5.41) is 24.3. The quantitative estimate of drug-likeness (QED) is 0.501. The Morgan fingerprint density at radius 2 is 1.50 bits per heavy atom. The molecule has 0 saturated heterocycles. The molecule has 1 aromatic heterocycles. The van der Waals surface area contributed by atoms with Gasteiger partial charge in [0.15, 0.2) is 0 Å². The van der Waals surface area contributed by atoms with Crippen LogP contribution in [0.1, 0.15) is 32.1 Å². The van der Waals surface area contributed by atoms with Gasteiger partial charge in [0.2, 0.25) is 5.95 Å². The fourth-order valence-corrected chi connectivity index (χ4v) is 2.60. The highest BCUT2D eigenvalue weighted by atomic mass is 16.4. The lowest BCUT2D eigenvalue weighted by Crippen LogP contribution is -2.12. The molecule has 1 amide bonds. The lowest BCUT2D eigenvalue weighted by molar-refractivity contribution is 0.0693. The maximum atomic E-state index is 12.4. The number of carboxylic acids is 1. The first-order chi connectivity index (χ1) is 13.3. The average molecular weight is 378 g/mol. The number of aromatic hydroxyl groups is 1. The molecule has 8 heteroatoms. The fraction of sp³-hybridized carbons (Fsp3) is 0.100. The molecule has 8 nitrogen and oxygen atoms in total. The summed E-state index contributed by atoms with van der Waals surface area (Å²) in [6.07, 6.45) is 0. The normalized spacial score (nSPS) is 10.4. The number of nitrogens with zero attached hydrogens (tertiary/aromatic N) is 2. The zero-order chi connectivity index (χ0) is 20.3. The molecule has 28 heavy (non-hydrogen) atoms. The van der Waals surface area contributed by atoms with E-state index in [1.165, 1.54) is 18.2 Å². The summed E-state index contributed by atoms with van der Waals surface area (Å²) < 4.78 is 0. The van der Waals surface area contributed by atoms with Gasteiger partial charge in [-0.15, -0.1) is 0 Å². The van der Waals surface area contributed by atoms with E-state index >= 15 is 0 Å². The van der Waals surface area contributed by atoms with Gasteiger partial charge in [0.25, 0.3) is 5.91 Å². The molecule has 0 saturated carbocycles. The molecular formula is C20H18N4O4. The van der Waals surface area contributed by atoms with Crippen LogP contribution in [0.5, 0.6) is 5.75 Å². The van der Waals surface area contributed by atoms with E-state index in [-0.39, 0.29) is 17.0 Å². The number of hydrogen-bond donors (Lipinski definition) is 4. The second-order valence-electron chi connectivity index (χ2n) is 6.17. The summed E-state index contributed by atoms with van der Waals surface area (Å²) in [5.74, 6) is -1.58. The van der Waals surface area contributed by atoms with Gasteiger partial charge in [-0.2, -0.15) is 0 Å². The predicted octanol–water partition coefficient (Wildman–Crippen LogP) is 3.49. The Balaban J connectivity index is 1.71. The molecule has 0 spiro atoms. The summed E-state index contributed by atoms with van der Waals surface area (Å²) >= 11 is 0. The van der Waals surface area contributed by atoms with Crippen LogP contribution in [0.3, 0.4) is 0 Å². The van der Waals surface area contributed by atoms with Crippen LogP contribution < -0.4 is 10.6 Å². The molecule has 0 bridgehead atoms. The molecule has 3 rings (SSSR count). The Hall–Kier alpha value is -3.94. The zero-order valence-electron chi connectivity index (χ0n) is 15.2. The Kier molecular flexibility index (Phi) is 5.21. The van der Waals surface area contributed by atoms with E-state index in [1.54, 1.807) is 24.3 Å². The first-order valence-electron chi connectivity index (χ1n) is 8.39. The third kappa shape index (κ3) is 4.42. The number of aromatic nitrogens is 2. The average Bonchev–Trinajstić information content (AvgIpc) is 2.62. The summed E-state index contributed by atoms with van der Waals surface area (Å²) in [7, 11) is 0. The topological polar surface area (TPSA) is 124 Å².